The molecule has 2 heterocycles. The number of rotatable bonds is 2. The summed E-state index contributed by atoms with van der Waals surface area (Å²) in [5, 5.41) is 0.983. The average molecular weight is 272 g/mol. The molecule has 4 nitrogen and oxygen atoms in total. The van der Waals surface area contributed by atoms with Crippen molar-refractivity contribution in [2.24, 2.45) is 11.7 Å². The van der Waals surface area contributed by atoms with Crippen molar-refractivity contribution in [3.63, 3.8) is 0 Å². The number of benzene rings is 1. The summed E-state index contributed by atoms with van der Waals surface area (Å²) in [6.07, 6.45) is 0.975. The van der Waals surface area contributed by atoms with Gasteiger partial charge in [0.25, 0.3) is 5.91 Å². The fourth-order valence-electron chi connectivity index (χ4n) is 2.82. The number of hydrogen-bond acceptors (Lipinski definition) is 3. The number of amides is 1. The number of carbonyl (C=O) groups excluding carboxylic acids is 1. The monoisotopic (exact) mass is 272 g/mol. The molecule has 4 heteroatoms. The van der Waals surface area contributed by atoms with Crippen LogP contribution in [0.1, 0.15) is 29.5 Å². The van der Waals surface area contributed by atoms with Crippen molar-refractivity contribution in [1.82, 2.24) is 4.90 Å². The predicted molar refractivity (Wildman–Crippen MR) is 78.6 cm³/mol. The Balaban J connectivity index is 1.82. The van der Waals surface area contributed by atoms with Crippen LogP contribution in [0.4, 0.5) is 0 Å². The molecule has 1 aliphatic heterocycles. The summed E-state index contributed by atoms with van der Waals surface area (Å²) in [6.45, 7) is 5.53. The Morgan fingerprint density at radius 2 is 2.25 bits per heavy atom. The van der Waals surface area contributed by atoms with Gasteiger partial charge in [0.15, 0.2) is 5.76 Å². The molecule has 1 fully saturated rings. The van der Waals surface area contributed by atoms with E-state index in [9.17, 15) is 4.79 Å². The molecule has 3 rings (SSSR count). The Bertz CT molecular complexity index is 645. The minimum Gasteiger partial charge on any atom is -0.451 e. The minimum absolute atomic E-state index is 0.0259. The van der Waals surface area contributed by atoms with E-state index in [1.54, 1.807) is 0 Å². The lowest BCUT2D eigenvalue weighted by Crippen LogP contribution is -2.32. The first-order valence-electron chi connectivity index (χ1n) is 7.09. The summed E-state index contributed by atoms with van der Waals surface area (Å²) in [7, 11) is 0. The fourth-order valence-corrected chi connectivity index (χ4v) is 2.82. The van der Waals surface area contributed by atoms with Crippen molar-refractivity contribution in [2.75, 3.05) is 13.1 Å². The summed E-state index contributed by atoms with van der Waals surface area (Å²) >= 11 is 0. The van der Waals surface area contributed by atoms with Crippen LogP contribution >= 0.6 is 0 Å². The van der Waals surface area contributed by atoms with Crippen LogP contribution in [-0.4, -0.2) is 29.9 Å². The zero-order valence-corrected chi connectivity index (χ0v) is 11.9. The molecule has 1 saturated heterocycles. The zero-order chi connectivity index (χ0) is 14.3. The molecule has 0 bridgehead atoms. The van der Waals surface area contributed by atoms with E-state index in [1.807, 2.05) is 43.0 Å². The Labute approximate surface area is 118 Å². The third-order valence-electron chi connectivity index (χ3n) is 4.14. The van der Waals surface area contributed by atoms with E-state index >= 15 is 0 Å². The van der Waals surface area contributed by atoms with E-state index in [2.05, 4.69) is 0 Å². The SMILES string of the molecule is Cc1ccc2oc(C(=O)N3CCC(C(C)N)C3)cc2c1. The summed E-state index contributed by atoms with van der Waals surface area (Å²) in [4.78, 5) is 14.3. The van der Waals surface area contributed by atoms with Gasteiger partial charge in [-0.1, -0.05) is 11.6 Å². The van der Waals surface area contributed by atoms with Gasteiger partial charge in [-0.25, -0.2) is 0 Å². The second-order valence-corrected chi connectivity index (χ2v) is 5.81. The largest absolute Gasteiger partial charge is 0.451 e. The second kappa shape index (κ2) is 4.94. The molecule has 1 aromatic heterocycles. The fraction of sp³-hybridized carbons (Fsp3) is 0.438. The van der Waals surface area contributed by atoms with E-state index in [0.717, 1.165) is 36.0 Å². The first-order chi connectivity index (χ1) is 9.54. The molecule has 2 aromatic rings. The average Bonchev–Trinajstić information content (AvgIpc) is 3.03. The van der Waals surface area contributed by atoms with E-state index in [1.165, 1.54) is 0 Å². The molecule has 106 valence electrons. The first kappa shape index (κ1) is 13.2. The van der Waals surface area contributed by atoms with E-state index in [-0.39, 0.29) is 11.9 Å². The highest BCUT2D eigenvalue weighted by atomic mass is 16.3. The van der Waals surface area contributed by atoms with E-state index < -0.39 is 0 Å². The van der Waals surface area contributed by atoms with Gasteiger partial charge in [0.2, 0.25) is 0 Å². The zero-order valence-electron chi connectivity index (χ0n) is 11.9. The topological polar surface area (TPSA) is 59.5 Å². The van der Waals surface area contributed by atoms with Crippen LogP contribution in [-0.2, 0) is 0 Å². The van der Waals surface area contributed by atoms with Crippen LogP contribution in [0.5, 0.6) is 0 Å². The van der Waals surface area contributed by atoms with Crippen molar-refractivity contribution < 1.29 is 9.21 Å². The van der Waals surface area contributed by atoms with Crippen molar-refractivity contribution >= 4 is 16.9 Å². The van der Waals surface area contributed by atoms with Crippen molar-refractivity contribution in [2.45, 2.75) is 26.3 Å². The number of hydrogen-bond donors (Lipinski definition) is 1. The summed E-state index contributed by atoms with van der Waals surface area (Å²) < 4.78 is 5.67. The molecular formula is C16H20N2O2. The maximum atomic E-state index is 12.5. The molecule has 0 spiro atoms. The van der Waals surface area contributed by atoms with Crippen LogP contribution in [0.2, 0.25) is 0 Å². The van der Waals surface area contributed by atoms with Gasteiger partial charge in [0.05, 0.1) is 0 Å². The molecule has 2 atom stereocenters. The number of nitrogens with two attached hydrogens (primary N) is 1. The number of carbonyl (C=O) groups is 1. The van der Waals surface area contributed by atoms with Gasteiger partial charge in [-0.15, -0.1) is 0 Å². The summed E-state index contributed by atoms with van der Waals surface area (Å²) in [5.41, 5.74) is 7.84. The van der Waals surface area contributed by atoms with E-state index in [4.69, 9.17) is 10.2 Å². The van der Waals surface area contributed by atoms with Gasteiger partial charge in [0.1, 0.15) is 5.58 Å². The van der Waals surface area contributed by atoms with Crippen molar-refractivity contribution in [3.05, 3.63) is 35.6 Å². The number of likely N-dealkylation sites (tertiary alicyclic amines) is 1. The Kier molecular flexibility index (Phi) is 3.26. The van der Waals surface area contributed by atoms with Gasteiger partial charge in [0, 0.05) is 24.5 Å². The standard InChI is InChI=1S/C16H20N2O2/c1-10-3-4-14-13(7-10)8-15(20-14)16(19)18-6-5-12(9-18)11(2)17/h3-4,7-8,11-12H,5-6,9,17H2,1-2H3. The quantitative estimate of drug-likeness (QED) is 0.914. The maximum absolute atomic E-state index is 12.5. The van der Waals surface area contributed by atoms with Gasteiger partial charge < -0.3 is 15.1 Å². The molecule has 2 unspecified atom stereocenters. The Hall–Kier alpha value is -1.81. The second-order valence-electron chi connectivity index (χ2n) is 5.81. The smallest absolute Gasteiger partial charge is 0.289 e. The van der Waals surface area contributed by atoms with Gasteiger partial charge in [-0.2, -0.15) is 0 Å². The van der Waals surface area contributed by atoms with Gasteiger partial charge in [-0.3, -0.25) is 4.79 Å². The van der Waals surface area contributed by atoms with Crippen LogP contribution in [0.15, 0.2) is 28.7 Å². The molecule has 0 saturated carbocycles. The lowest BCUT2D eigenvalue weighted by Gasteiger charge is -2.16. The van der Waals surface area contributed by atoms with Crippen LogP contribution in [0.25, 0.3) is 11.0 Å². The first-order valence-corrected chi connectivity index (χ1v) is 7.09. The van der Waals surface area contributed by atoms with Crippen LogP contribution in [0.3, 0.4) is 0 Å². The van der Waals surface area contributed by atoms with Gasteiger partial charge in [-0.05, 0) is 44.4 Å². The molecule has 0 aliphatic carbocycles. The third-order valence-corrected chi connectivity index (χ3v) is 4.14. The summed E-state index contributed by atoms with van der Waals surface area (Å²) in [5.74, 6) is 0.795. The third kappa shape index (κ3) is 2.31. The van der Waals surface area contributed by atoms with E-state index in [0.29, 0.717) is 11.7 Å². The van der Waals surface area contributed by atoms with Crippen LogP contribution in [0, 0.1) is 12.8 Å². The highest BCUT2D eigenvalue weighted by molar-refractivity contribution is 5.96. The van der Waals surface area contributed by atoms with Crippen molar-refractivity contribution in [3.8, 4) is 0 Å². The molecule has 1 amide bonds. The molecule has 2 N–H and O–H groups in total. The Morgan fingerprint density at radius 3 is 2.95 bits per heavy atom. The highest BCUT2D eigenvalue weighted by Gasteiger charge is 2.30. The Morgan fingerprint density at radius 1 is 1.45 bits per heavy atom. The molecule has 0 radical (unpaired) electrons. The number of nitrogens with zero attached hydrogens (tertiary/aromatic N) is 1. The normalized spacial score (nSPS) is 20.6. The molecular weight excluding hydrogens is 252 g/mol. The number of fused-ring (bicyclic) bond motifs is 1. The van der Waals surface area contributed by atoms with Crippen LogP contribution < -0.4 is 5.73 Å². The minimum atomic E-state index is -0.0259. The predicted octanol–water partition coefficient (Wildman–Crippen LogP) is 2.55. The van der Waals surface area contributed by atoms with Crippen molar-refractivity contribution in [1.29, 1.82) is 0 Å². The lowest BCUT2D eigenvalue weighted by atomic mass is 10.0. The highest BCUT2D eigenvalue weighted by Crippen LogP contribution is 2.25. The molecule has 1 aliphatic rings. The van der Waals surface area contributed by atoms with Gasteiger partial charge >= 0.3 is 0 Å². The lowest BCUT2D eigenvalue weighted by molar-refractivity contribution is 0.0757. The number of furan rings is 1. The summed E-state index contributed by atoms with van der Waals surface area (Å²) in [6, 6.07) is 7.90. The maximum Gasteiger partial charge on any atom is 0.289 e. The molecule has 20 heavy (non-hydrogen) atoms. The number of aryl methyl sites for hydroxylation is 1. The molecule has 1 aromatic carbocycles.